The fourth-order valence-electron chi connectivity index (χ4n) is 3.46. The van der Waals surface area contributed by atoms with Crippen LogP contribution >= 0.6 is 0 Å². The minimum Gasteiger partial charge on any atom is -0.460 e. The van der Waals surface area contributed by atoms with Crippen LogP contribution in [0.3, 0.4) is 0 Å². The molecule has 4 aromatic rings. The summed E-state index contributed by atoms with van der Waals surface area (Å²) in [5, 5.41) is 0.427. The van der Waals surface area contributed by atoms with Crippen molar-refractivity contribution < 1.29 is 26.8 Å². The lowest BCUT2D eigenvalue weighted by atomic mass is 10.1. The van der Waals surface area contributed by atoms with Gasteiger partial charge in [-0.1, -0.05) is 30.3 Å². The van der Waals surface area contributed by atoms with Crippen LogP contribution in [0.1, 0.15) is 27.2 Å². The summed E-state index contributed by atoms with van der Waals surface area (Å²) in [6.45, 7) is 3.26. The summed E-state index contributed by atoms with van der Waals surface area (Å²) >= 11 is 0. The molecule has 1 N–H and O–H groups in total. The van der Waals surface area contributed by atoms with Gasteiger partial charge in [0, 0.05) is 11.1 Å². The molecule has 3 aromatic carbocycles. The van der Waals surface area contributed by atoms with Crippen LogP contribution in [0.25, 0.3) is 11.0 Å². The molecule has 0 saturated heterocycles. The number of benzene rings is 3. The van der Waals surface area contributed by atoms with E-state index in [9.17, 15) is 17.6 Å². The summed E-state index contributed by atoms with van der Waals surface area (Å²) in [5.41, 5.74) is 2.02. The van der Waals surface area contributed by atoms with Gasteiger partial charge in [0.25, 0.3) is 10.0 Å². The van der Waals surface area contributed by atoms with E-state index < -0.39 is 21.8 Å². The summed E-state index contributed by atoms with van der Waals surface area (Å²) in [5.74, 6) is -0.720. The van der Waals surface area contributed by atoms with Crippen molar-refractivity contribution >= 4 is 32.6 Å². The van der Waals surface area contributed by atoms with E-state index in [1.165, 1.54) is 25.1 Å². The Morgan fingerprint density at radius 1 is 1.03 bits per heavy atom. The molecule has 32 heavy (non-hydrogen) atoms. The predicted molar refractivity (Wildman–Crippen MR) is 118 cm³/mol. The number of carbonyl (C=O) groups is 1. The zero-order valence-electron chi connectivity index (χ0n) is 17.4. The lowest BCUT2D eigenvalue weighted by Gasteiger charge is -2.11. The molecule has 0 fully saturated rings. The van der Waals surface area contributed by atoms with Gasteiger partial charge in [0.1, 0.15) is 29.3 Å². The summed E-state index contributed by atoms with van der Waals surface area (Å²) in [6.07, 6.45) is 0. The maximum atomic E-state index is 13.4. The van der Waals surface area contributed by atoms with Crippen molar-refractivity contribution in [1.29, 1.82) is 0 Å². The third-order valence-corrected chi connectivity index (χ3v) is 6.50. The van der Waals surface area contributed by atoms with Gasteiger partial charge >= 0.3 is 5.97 Å². The van der Waals surface area contributed by atoms with Crippen molar-refractivity contribution in [3.63, 3.8) is 0 Å². The van der Waals surface area contributed by atoms with Gasteiger partial charge in [-0.2, -0.15) is 0 Å². The third-order valence-electron chi connectivity index (χ3n) is 4.96. The molecular weight excluding hydrogens is 433 g/mol. The number of aryl methyl sites for hydroxylation is 2. The van der Waals surface area contributed by atoms with Crippen LogP contribution in [0.5, 0.6) is 0 Å². The maximum Gasteiger partial charge on any atom is 0.342 e. The first-order chi connectivity index (χ1) is 15.2. The number of sulfonamides is 1. The molecule has 6 nitrogen and oxygen atoms in total. The Hall–Kier alpha value is -3.65. The van der Waals surface area contributed by atoms with Crippen molar-refractivity contribution in [2.45, 2.75) is 25.3 Å². The molecule has 164 valence electrons. The highest BCUT2D eigenvalue weighted by Gasteiger charge is 2.22. The fourth-order valence-corrected chi connectivity index (χ4v) is 4.73. The standard InChI is InChI=1S/C24H20FNO5S/c1-15-12-18(25)8-11-22(15)32(28,29)26-19-9-10-21-20(13-19)23(16(2)31-21)24(27)30-14-17-6-4-3-5-7-17/h3-13,26H,14H2,1-2H3. The maximum absolute atomic E-state index is 13.4. The Morgan fingerprint density at radius 3 is 2.50 bits per heavy atom. The number of hydrogen-bond donors (Lipinski definition) is 1. The van der Waals surface area contributed by atoms with Gasteiger partial charge in [0.05, 0.1) is 4.90 Å². The third kappa shape index (κ3) is 4.36. The summed E-state index contributed by atoms with van der Waals surface area (Å²) in [4.78, 5) is 12.7. The molecule has 0 unspecified atom stereocenters. The molecule has 0 saturated carbocycles. The van der Waals surface area contributed by atoms with Crippen molar-refractivity contribution in [2.75, 3.05) is 4.72 Å². The zero-order chi connectivity index (χ0) is 22.9. The van der Waals surface area contributed by atoms with E-state index in [-0.39, 0.29) is 28.3 Å². The normalized spacial score (nSPS) is 11.5. The van der Waals surface area contributed by atoms with Gasteiger partial charge in [-0.25, -0.2) is 17.6 Å². The molecule has 0 aliphatic carbocycles. The van der Waals surface area contributed by atoms with E-state index in [0.29, 0.717) is 16.7 Å². The first-order valence-electron chi connectivity index (χ1n) is 9.78. The number of rotatable bonds is 6. The first-order valence-corrected chi connectivity index (χ1v) is 11.3. The van der Waals surface area contributed by atoms with E-state index in [0.717, 1.165) is 17.7 Å². The summed E-state index contributed by atoms with van der Waals surface area (Å²) < 4.78 is 52.5. The van der Waals surface area contributed by atoms with Crippen LogP contribution in [0.2, 0.25) is 0 Å². The number of halogens is 1. The monoisotopic (exact) mass is 453 g/mol. The van der Waals surface area contributed by atoms with Crippen molar-refractivity contribution in [1.82, 2.24) is 0 Å². The van der Waals surface area contributed by atoms with Crippen molar-refractivity contribution in [3.05, 3.63) is 95.0 Å². The van der Waals surface area contributed by atoms with E-state index in [4.69, 9.17) is 9.15 Å². The second kappa shape index (κ2) is 8.47. The molecule has 0 amide bonds. The quantitative estimate of drug-likeness (QED) is 0.398. The molecular formula is C24H20FNO5S. The molecule has 0 aliphatic rings. The molecule has 0 spiro atoms. The first kappa shape index (κ1) is 21.6. The van der Waals surface area contributed by atoms with Gasteiger partial charge in [0.2, 0.25) is 0 Å². The van der Waals surface area contributed by atoms with Crippen LogP contribution in [0.15, 0.2) is 76.0 Å². The van der Waals surface area contributed by atoms with Crippen LogP contribution < -0.4 is 4.72 Å². The Balaban J connectivity index is 1.63. The average Bonchev–Trinajstić information content (AvgIpc) is 3.07. The molecule has 4 rings (SSSR count). The number of fused-ring (bicyclic) bond motifs is 1. The lowest BCUT2D eigenvalue weighted by Crippen LogP contribution is -2.14. The number of anilines is 1. The highest BCUT2D eigenvalue weighted by atomic mass is 32.2. The molecule has 1 aromatic heterocycles. The summed E-state index contributed by atoms with van der Waals surface area (Å²) in [7, 11) is -3.97. The number of esters is 1. The van der Waals surface area contributed by atoms with Gasteiger partial charge in [-0.15, -0.1) is 0 Å². The Bertz CT molecular complexity index is 1410. The van der Waals surface area contributed by atoms with Crippen LogP contribution in [-0.4, -0.2) is 14.4 Å². The van der Waals surface area contributed by atoms with E-state index in [1.54, 1.807) is 13.0 Å². The Morgan fingerprint density at radius 2 is 1.78 bits per heavy atom. The number of ether oxygens (including phenoxy) is 1. The van der Waals surface area contributed by atoms with Gasteiger partial charge < -0.3 is 9.15 Å². The zero-order valence-corrected chi connectivity index (χ0v) is 18.2. The predicted octanol–water partition coefficient (Wildman–Crippen LogP) is 5.35. The molecule has 0 atom stereocenters. The number of hydrogen-bond acceptors (Lipinski definition) is 5. The largest absolute Gasteiger partial charge is 0.460 e. The minimum absolute atomic E-state index is 0.0372. The van der Waals surface area contributed by atoms with Gasteiger partial charge in [0.15, 0.2) is 0 Å². The fraction of sp³-hybridized carbons (Fsp3) is 0.125. The lowest BCUT2D eigenvalue weighted by molar-refractivity contribution is 0.0473. The van der Waals surface area contributed by atoms with Gasteiger partial charge in [-0.3, -0.25) is 4.72 Å². The number of furan rings is 1. The Kier molecular flexibility index (Phi) is 5.71. The van der Waals surface area contributed by atoms with Crippen LogP contribution in [-0.2, 0) is 21.4 Å². The molecule has 0 aliphatic heterocycles. The van der Waals surface area contributed by atoms with E-state index >= 15 is 0 Å². The molecule has 0 bridgehead atoms. The second-order valence-electron chi connectivity index (χ2n) is 7.32. The smallest absolute Gasteiger partial charge is 0.342 e. The second-order valence-corrected chi connectivity index (χ2v) is 8.97. The Labute approximate surface area is 184 Å². The van der Waals surface area contributed by atoms with Crippen LogP contribution in [0.4, 0.5) is 10.1 Å². The highest BCUT2D eigenvalue weighted by Crippen LogP contribution is 2.30. The molecule has 1 heterocycles. The van der Waals surface area contributed by atoms with Crippen molar-refractivity contribution in [2.24, 2.45) is 0 Å². The summed E-state index contributed by atoms with van der Waals surface area (Å²) in [6, 6.07) is 17.3. The number of carbonyl (C=O) groups excluding carboxylic acids is 1. The average molecular weight is 453 g/mol. The van der Waals surface area contributed by atoms with Crippen molar-refractivity contribution in [3.8, 4) is 0 Å². The highest BCUT2D eigenvalue weighted by molar-refractivity contribution is 7.92. The SMILES string of the molecule is Cc1cc(F)ccc1S(=O)(=O)Nc1ccc2oc(C)c(C(=O)OCc3ccccc3)c2c1. The van der Waals surface area contributed by atoms with Gasteiger partial charge in [-0.05, 0) is 61.4 Å². The number of nitrogens with one attached hydrogen (secondary N) is 1. The molecule has 0 radical (unpaired) electrons. The molecule has 8 heteroatoms. The van der Waals surface area contributed by atoms with E-state index in [1.807, 2.05) is 30.3 Å². The van der Waals surface area contributed by atoms with Crippen LogP contribution in [0, 0.1) is 19.7 Å². The minimum atomic E-state index is -3.97. The van der Waals surface area contributed by atoms with E-state index in [2.05, 4.69) is 4.72 Å². The topological polar surface area (TPSA) is 85.6 Å².